The van der Waals surface area contributed by atoms with Crippen molar-refractivity contribution in [2.75, 3.05) is 19.8 Å². The van der Waals surface area contributed by atoms with Crippen LogP contribution in [0.25, 0.3) is 0 Å². The predicted octanol–water partition coefficient (Wildman–Crippen LogP) is 2.04. The Morgan fingerprint density at radius 3 is 2.74 bits per heavy atom. The number of hydrogen-bond donors (Lipinski definition) is 2. The summed E-state index contributed by atoms with van der Waals surface area (Å²) < 4.78 is 11.3. The molecule has 1 aliphatic rings. The van der Waals surface area contributed by atoms with Crippen LogP contribution >= 0.6 is 11.8 Å². The summed E-state index contributed by atoms with van der Waals surface area (Å²) in [7, 11) is 0. The van der Waals surface area contributed by atoms with Gasteiger partial charge in [-0.25, -0.2) is 0 Å². The first-order chi connectivity index (χ1) is 9.24. The standard InChI is InChI=1S/C14H21NO3S/c1-2-11(15)14(9-16)19-10-4-5-12-13(8-10)18-7-3-6-17-12/h4-5,8,11,14,16H,2-3,6-7,9,15H2,1H3. The van der Waals surface area contributed by atoms with Crippen molar-refractivity contribution < 1.29 is 14.6 Å². The third-order valence-electron chi connectivity index (χ3n) is 3.14. The summed E-state index contributed by atoms with van der Waals surface area (Å²) >= 11 is 1.59. The Balaban J connectivity index is 2.10. The monoisotopic (exact) mass is 283 g/mol. The number of thioether (sulfide) groups is 1. The van der Waals surface area contributed by atoms with E-state index in [1.54, 1.807) is 11.8 Å². The number of aliphatic hydroxyl groups excluding tert-OH is 1. The molecule has 2 rings (SSSR count). The van der Waals surface area contributed by atoms with Crippen molar-refractivity contribution in [2.24, 2.45) is 5.73 Å². The number of rotatable bonds is 5. The van der Waals surface area contributed by atoms with Crippen LogP contribution in [0.15, 0.2) is 23.1 Å². The Labute approximate surface area is 118 Å². The minimum Gasteiger partial charge on any atom is -0.490 e. The van der Waals surface area contributed by atoms with Gasteiger partial charge in [-0.1, -0.05) is 6.92 Å². The summed E-state index contributed by atoms with van der Waals surface area (Å²) in [6.45, 7) is 3.48. The van der Waals surface area contributed by atoms with Gasteiger partial charge in [-0.2, -0.15) is 0 Å². The number of nitrogens with two attached hydrogens (primary N) is 1. The molecule has 19 heavy (non-hydrogen) atoms. The number of ether oxygens (including phenoxy) is 2. The van der Waals surface area contributed by atoms with Crippen molar-refractivity contribution >= 4 is 11.8 Å². The maximum absolute atomic E-state index is 9.42. The second kappa shape index (κ2) is 7.03. The van der Waals surface area contributed by atoms with Gasteiger partial charge in [0.25, 0.3) is 0 Å². The van der Waals surface area contributed by atoms with Crippen LogP contribution in [-0.2, 0) is 0 Å². The summed E-state index contributed by atoms with van der Waals surface area (Å²) in [6.07, 6.45) is 1.75. The molecule has 4 nitrogen and oxygen atoms in total. The Morgan fingerprint density at radius 1 is 1.32 bits per heavy atom. The smallest absolute Gasteiger partial charge is 0.162 e. The third-order valence-corrected chi connectivity index (χ3v) is 4.46. The summed E-state index contributed by atoms with van der Waals surface area (Å²) in [6, 6.07) is 5.88. The predicted molar refractivity (Wildman–Crippen MR) is 77.0 cm³/mol. The van der Waals surface area contributed by atoms with Crippen LogP contribution in [0.3, 0.4) is 0 Å². The van der Waals surface area contributed by atoms with Gasteiger partial charge in [0.1, 0.15) is 0 Å². The Bertz CT molecular complexity index is 414. The molecule has 1 heterocycles. The van der Waals surface area contributed by atoms with E-state index in [2.05, 4.69) is 0 Å². The molecule has 0 saturated heterocycles. The molecular weight excluding hydrogens is 262 g/mol. The van der Waals surface area contributed by atoms with E-state index in [1.807, 2.05) is 25.1 Å². The highest BCUT2D eigenvalue weighted by Crippen LogP contribution is 2.35. The Hall–Kier alpha value is -0.910. The highest BCUT2D eigenvalue weighted by molar-refractivity contribution is 8.00. The van der Waals surface area contributed by atoms with Crippen LogP contribution in [-0.4, -0.2) is 36.2 Å². The second-order valence-corrected chi connectivity index (χ2v) is 5.88. The van der Waals surface area contributed by atoms with Crippen molar-refractivity contribution in [3.05, 3.63) is 18.2 Å². The quantitative estimate of drug-likeness (QED) is 0.810. The third kappa shape index (κ3) is 3.78. The lowest BCUT2D eigenvalue weighted by atomic mass is 10.2. The molecule has 0 fully saturated rings. The van der Waals surface area contributed by atoms with Crippen LogP contribution < -0.4 is 15.2 Å². The van der Waals surface area contributed by atoms with E-state index in [0.29, 0.717) is 13.2 Å². The van der Waals surface area contributed by atoms with Crippen molar-refractivity contribution in [1.29, 1.82) is 0 Å². The van der Waals surface area contributed by atoms with E-state index >= 15 is 0 Å². The van der Waals surface area contributed by atoms with Crippen molar-refractivity contribution in [2.45, 2.75) is 36.0 Å². The molecule has 1 aromatic rings. The lowest BCUT2D eigenvalue weighted by Gasteiger charge is -2.20. The first kappa shape index (κ1) is 14.5. The van der Waals surface area contributed by atoms with Gasteiger partial charge >= 0.3 is 0 Å². The van der Waals surface area contributed by atoms with Crippen molar-refractivity contribution in [3.8, 4) is 11.5 Å². The molecule has 0 bridgehead atoms. The van der Waals surface area contributed by atoms with E-state index in [0.717, 1.165) is 29.2 Å². The highest BCUT2D eigenvalue weighted by Gasteiger charge is 2.18. The molecule has 3 N–H and O–H groups in total. The lowest BCUT2D eigenvalue weighted by Crippen LogP contribution is -2.34. The molecular formula is C14H21NO3S. The molecule has 1 aliphatic heterocycles. The summed E-state index contributed by atoms with van der Waals surface area (Å²) in [4.78, 5) is 1.05. The molecule has 0 aromatic heterocycles. The molecule has 0 radical (unpaired) electrons. The van der Waals surface area contributed by atoms with Crippen LogP contribution in [0.4, 0.5) is 0 Å². The van der Waals surface area contributed by atoms with E-state index in [9.17, 15) is 5.11 Å². The molecule has 106 valence electrons. The first-order valence-electron chi connectivity index (χ1n) is 6.67. The van der Waals surface area contributed by atoms with Crippen LogP contribution in [0.1, 0.15) is 19.8 Å². The van der Waals surface area contributed by atoms with Crippen LogP contribution in [0.5, 0.6) is 11.5 Å². The SMILES string of the molecule is CCC(N)C(CO)Sc1ccc2c(c1)OCCCO2. The summed E-state index contributed by atoms with van der Waals surface area (Å²) in [5.74, 6) is 1.58. The number of fused-ring (bicyclic) bond motifs is 1. The first-order valence-corrected chi connectivity index (χ1v) is 7.55. The Kier molecular flexibility index (Phi) is 5.36. The molecule has 0 amide bonds. The van der Waals surface area contributed by atoms with E-state index in [4.69, 9.17) is 15.2 Å². The van der Waals surface area contributed by atoms with Gasteiger partial charge in [-0.15, -0.1) is 11.8 Å². The second-order valence-electron chi connectivity index (χ2n) is 4.57. The normalized spacial score (nSPS) is 17.6. The van der Waals surface area contributed by atoms with Gasteiger partial charge in [0.2, 0.25) is 0 Å². The van der Waals surface area contributed by atoms with Gasteiger partial charge in [0.05, 0.1) is 19.8 Å². The maximum Gasteiger partial charge on any atom is 0.162 e. The van der Waals surface area contributed by atoms with E-state index in [-0.39, 0.29) is 17.9 Å². The summed E-state index contributed by atoms with van der Waals surface area (Å²) in [5.41, 5.74) is 6.00. The van der Waals surface area contributed by atoms with Gasteiger partial charge in [0, 0.05) is 22.6 Å². The fourth-order valence-corrected chi connectivity index (χ4v) is 3.03. The molecule has 2 atom stereocenters. The lowest BCUT2D eigenvalue weighted by molar-refractivity contribution is 0.281. The van der Waals surface area contributed by atoms with Crippen LogP contribution in [0, 0.1) is 0 Å². The Morgan fingerprint density at radius 2 is 2.05 bits per heavy atom. The zero-order valence-electron chi connectivity index (χ0n) is 11.2. The molecule has 2 unspecified atom stereocenters. The minimum atomic E-state index is -0.00835. The largest absolute Gasteiger partial charge is 0.490 e. The molecule has 5 heteroatoms. The maximum atomic E-state index is 9.42. The van der Waals surface area contributed by atoms with Crippen molar-refractivity contribution in [3.63, 3.8) is 0 Å². The van der Waals surface area contributed by atoms with Gasteiger partial charge < -0.3 is 20.3 Å². The van der Waals surface area contributed by atoms with Gasteiger partial charge in [-0.3, -0.25) is 0 Å². The van der Waals surface area contributed by atoms with Crippen molar-refractivity contribution in [1.82, 2.24) is 0 Å². The molecule has 0 aliphatic carbocycles. The summed E-state index contributed by atoms with van der Waals surface area (Å²) in [5, 5.41) is 9.42. The van der Waals surface area contributed by atoms with E-state index in [1.165, 1.54) is 0 Å². The zero-order valence-corrected chi connectivity index (χ0v) is 12.0. The van der Waals surface area contributed by atoms with Gasteiger partial charge in [-0.05, 0) is 24.6 Å². The average molecular weight is 283 g/mol. The topological polar surface area (TPSA) is 64.7 Å². The fraction of sp³-hybridized carbons (Fsp3) is 0.571. The minimum absolute atomic E-state index is 0.00835. The van der Waals surface area contributed by atoms with E-state index < -0.39 is 0 Å². The fourth-order valence-electron chi connectivity index (χ4n) is 1.91. The number of aliphatic hydroxyl groups is 1. The average Bonchev–Trinajstić information content (AvgIpc) is 2.68. The molecule has 1 aromatic carbocycles. The number of hydrogen-bond acceptors (Lipinski definition) is 5. The van der Waals surface area contributed by atoms with Crippen LogP contribution in [0.2, 0.25) is 0 Å². The molecule has 0 saturated carbocycles. The van der Waals surface area contributed by atoms with Gasteiger partial charge in [0.15, 0.2) is 11.5 Å². The zero-order chi connectivity index (χ0) is 13.7. The highest BCUT2D eigenvalue weighted by atomic mass is 32.2. The number of benzene rings is 1. The molecule has 0 spiro atoms.